The second kappa shape index (κ2) is 5.08. The molecular formula is C13H15NO4. The molecule has 5 heteroatoms. The summed E-state index contributed by atoms with van der Waals surface area (Å²) >= 11 is 0. The molecule has 0 N–H and O–H groups in total. The number of ether oxygens (including phenoxy) is 2. The molecule has 0 radical (unpaired) electrons. The maximum Gasteiger partial charge on any atom is 0.411 e. The van der Waals surface area contributed by atoms with Gasteiger partial charge in [-0.2, -0.15) is 0 Å². The topological polar surface area (TPSA) is 55.8 Å². The van der Waals surface area contributed by atoms with E-state index in [0.29, 0.717) is 6.54 Å². The molecule has 1 aliphatic rings. The van der Waals surface area contributed by atoms with Crippen molar-refractivity contribution in [1.82, 2.24) is 4.90 Å². The molecule has 1 amide bonds. The third-order valence-electron chi connectivity index (χ3n) is 2.94. The summed E-state index contributed by atoms with van der Waals surface area (Å²) in [5.74, 6) is -0.454. The SMILES string of the molecule is COC(=O)[C@@H]1[C@@H](C)OC(=O)N1Cc1ccccc1. The van der Waals surface area contributed by atoms with E-state index in [0.717, 1.165) is 5.56 Å². The first-order valence-corrected chi connectivity index (χ1v) is 5.72. The molecule has 96 valence electrons. The van der Waals surface area contributed by atoms with Gasteiger partial charge in [-0.25, -0.2) is 9.59 Å². The van der Waals surface area contributed by atoms with Gasteiger partial charge in [0.15, 0.2) is 6.04 Å². The standard InChI is InChI=1S/C13H15NO4/c1-9-11(12(15)17-2)14(13(16)18-9)8-10-6-4-3-5-7-10/h3-7,9,11H,8H2,1-2H3/t9-,11+/m1/s1. The van der Waals surface area contributed by atoms with Gasteiger partial charge in [-0.05, 0) is 12.5 Å². The average molecular weight is 249 g/mol. The minimum Gasteiger partial charge on any atom is -0.467 e. The van der Waals surface area contributed by atoms with Gasteiger partial charge < -0.3 is 9.47 Å². The van der Waals surface area contributed by atoms with Crippen molar-refractivity contribution >= 4 is 12.1 Å². The van der Waals surface area contributed by atoms with Crippen molar-refractivity contribution in [2.24, 2.45) is 0 Å². The fourth-order valence-corrected chi connectivity index (χ4v) is 2.04. The zero-order valence-electron chi connectivity index (χ0n) is 10.3. The Hall–Kier alpha value is -2.04. The van der Waals surface area contributed by atoms with Gasteiger partial charge in [0.1, 0.15) is 6.10 Å². The molecule has 0 saturated carbocycles. The summed E-state index contributed by atoms with van der Waals surface area (Å²) in [5.41, 5.74) is 0.942. The molecule has 1 saturated heterocycles. The first-order valence-electron chi connectivity index (χ1n) is 5.72. The maximum atomic E-state index is 11.7. The van der Waals surface area contributed by atoms with Crippen LogP contribution in [-0.4, -0.2) is 36.2 Å². The number of hydrogen-bond donors (Lipinski definition) is 0. The summed E-state index contributed by atoms with van der Waals surface area (Å²) in [6.07, 6.45) is -0.976. The number of methoxy groups -OCH3 is 1. The average Bonchev–Trinajstić information content (AvgIpc) is 2.65. The van der Waals surface area contributed by atoms with E-state index in [4.69, 9.17) is 9.47 Å². The Balaban J connectivity index is 2.18. The fraction of sp³-hybridized carbons (Fsp3) is 0.385. The number of benzene rings is 1. The van der Waals surface area contributed by atoms with Crippen LogP contribution < -0.4 is 0 Å². The Labute approximate surface area is 105 Å². The number of amides is 1. The lowest BCUT2D eigenvalue weighted by Gasteiger charge is -2.20. The minimum atomic E-state index is -0.678. The lowest BCUT2D eigenvalue weighted by atomic mass is 10.1. The summed E-state index contributed by atoms with van der Waals surface area (Å²) in [5, 5.41) is 0. The van der Waals surface area contributed by atoms with E-state index >= 15 is 0 Å². The molecule has 5 nitrogen and oxygen atoms in total. The van der Waals surface area contributed by atoms with E-state index in [9.17, 15) is 9.59 Å². The van der Waals surface area contributed by atoms with Crippen LogP contribution in [0.25, 0.3) is 0 Å². The minimum absolute atomic E-state index is 0.337. The molecule has 0 bridgehead atoms. The van der Waals surface area contributed by atoms with Crippen LogP contribution in [-0.2, 0) is 20.8 Å². The van der Waals surface area contributed by atoms with Gasteiger partial charge in [0, 0.05) is 0 Å². The van der Waals surface area contributed by atoms with Crippen LogP contribution in [0.5, 0.6) is 0 Å². The number of carbonyl (C=O) groups excluding carboxylic acids is 2. The van der Waals surface area contributed by atoms with Crippen molar-refractivity contribution in [3.63, 3.8) is 0 Å². The largest absolute Gasteiger partial charge is 0.467 e. The molecule has 0 aliphatic carbocycles. The smallest absolute Gasteiger partial charge is 0.411 e. The molecule has 2 atom stereocenters. The van der Waals surface area contributed by atoms with Crippen LogP contribution in [0.15, 0.2) is 30.3 Å². The van der Waals surface area contributed by atoms with Crippen LogP contribution in [0, 0.1) is 0 Å². The van der Waals surface area contributed by atoms with Gasteiger partial charge in [0.25, 0.3) is 0 Å². The van der Waals surface area contributed by atoms with Crippen molar-refractivity contribution in [3.05, 3.63) is 35.9 Å². The Kier molecular flexibility index (Phi) is 3.50. The number of rotatable bonds is 3. The third-order valence-corrected chi connectivity index (χ3v) is 2.94. The van der Waals surface area contributed by atoms with Gasteiger partial charge in [0.2, 0.25) is 0 Å². The number of esters is 1. The molecule has 1 aromatic carbocycles. The van der Waals surface area contributed by atoms with Crippen molar-refractivity contribution in [2.75, 3.05) is 7.11 Å². The van der Waals surface area contributed by atoms with Gasteiger partial charge in [0.05, 0.1) is 13.7 Å². The van der Waals surface area contributed by atoms with Gasteiger partial charge in [-0.15, -0.1) is 0 Å². The highest BCUT2D eigenvalue weighted by Crippen LogP contribution is 2.22. The van der Waals surface area contributed by atoms with Gasteiger partial charge in [-0.3, -0.25) is 4.90 Å². The number of nitrogens with zero attached hydrogens (tertiary/aromatic N) is 1. The van der Waals surface area contributed by atoms with E-state index in [2.05, 4.69) is 0 Å². The molecule has 0 aromatic heterocycles. The predicted molar refractivity (Wildman–Crippen MR) is 63.7 cm³/mol. The van der Waals surface area contributed by atoms with Crippen LogP contribution in [0.3, 0.4) is 0 Å². The van der Waals surface area contributed by atoms with Crippen molar-refractivity contribution in [1.29, 1.82) is 0 Å². The van der Waals surface area contributed by atoms with Crippen LogP contribution in [0.1, 0.15) is 12.5 Å². The molecular weight excluding hydrogens is 234 g/mol. The van der Waals surface area contributed by atoms with Crippen LogP contribution >= 0.6 is 0 Å². The summed E-state index contributed by atoms with van der Waals surface area (Å²) in [7, 11) is 1.30. The molecule has 1 heterocycles. The van der Waals surface area contributed by atoms with E-state index in [1.165, 1.54) is 12.0 Å². The maximum absolute atomic E-state index is 11.7. The number of hydrogen-bond acceptors (Lipinski definition) is 4. The van der Waals surface area contributed by atoms with Crippen molar-refractivity contribution in [3.8, 4) is 0 Å². The summed E-state index contributed by atoms with van der Waals surface area (Å²) in [6, 6.07) is 8.77. The number of carbonyl (C=O) groups is 2. The predicted octanol–water partition coefficient (Wildman–Crippen LogP) is 1.57. The van der Waals surface area contributed by atoms with E-state index in [-0.39, 0.29) is 0 Å². The summed E-state index contributed by atoms with van der Waals surface area (Å²) < 4.78 is 9.78. The molecule has 1 fully saturated rings. The second-order valence-electron chi connectivity index (χ2n) is 4.17. The Morgan fingerprint density at radius 3 is 2.67 bits per heavy atom. The molecule has 2 rings (SSSR count). The zero-order chi connectivity index (χ0) is 13.1. The normalized spacial score (nSPS) is 22.8. The Bertz CT molecular complexity index is 446. The van der Waals surface area contributed by atoms with E-state index < -0.39 is 24.2 Å². The molecule has 1 aromatic rings. The van der Waals surface area contributed by atoms with Gasteiger partial charge in [-0.1, -0.05) is 30.3 Å². The molecule has 0 spiro atoms. The van der Waals surface area contributed by atoms with Crippen LogP contribution in [0.4, 0.5) is 4.79 Å². The van der Waals surface area contributed by atoms with E-state index in [1.807, 2.05) is 30.3 Å². The van der Waals surface area contributed by atoms with Gasteiger partial charge >= 0.3 is 12.1 Å². The Morgan fingerprint density at radius 1 is 1.39 bits per heavy atom. The molecule has 18 heavy (non-hydrogen) atoms. The highest BCUT2D eigenvalue weighted by Gasteiger charge is 2.44. The fourth-order valence-electron chi connectivity index (χ4n) is 2.04. The third kappa shape index (κ3) is 2.30. The zero-order valence-corrected chi connectivity index (χ0v) is 10.3. The molecule has 1 aliphatic heterocycles. The monoisotopic (exact) mass is 249 g/mol. The second-order valence-corrected chi connectivity index (χ2v) is 4.17. The van der Waals surface area contributed by atoms with Crippen molar-refractivity contribution < 1.29 is 19.1 Å². The first-order chi connectivity index (χ1) is 8.63. The lowest BCUT2D eigenvalue weighted by molar-refractivity contribution is -0.146. The lowest BCUT2D eigenvalue weighted by Crippen LogP contribution is -2.42. The first kappa shape index (κ1) is 12.4. The highest BCUT2D eigenvalue weighted by atomic mass is 16.6. The quantitative estimate of drug-likeness (QED) is 0.763. The molecule has 0 unspecified atom stereocenters. The summed E-state index contributed by atoms with van der Waals surface area (Å²) in [6.45, 7) is 2.02. The van der Waals surface area contributed by atoms with Crippen LogP contribution in [0.2, 0.25) is 0 Å². The highest BCUT2D eigenvalue weighted by molar-refractivity contribution is 5.84. The summed E-state index contributed by atoms with van der Waals surface area (Å²) in [4.78, 5) is 24.8. The number of cyclic esters (lactones) is 1. The van der Waals surface area contributed by atoms with E-state index in [1.54, 1.807) is 6.92 Å². The van der Waals surface area contributed by atoms with Crippen molar-refractivity contribution in [2.45, 2.75) is 25.6 Å². The Morgan fingerprint density at radius 2 is 2.06 bits per heavy atom.